The highest BCUT2D eigenvalue weighted by Crippen LogP contribution is 2.25. The molecule has 2 rings (SSSR count). The molecule has 1 N–H and O–H groups in total. The highest BCUT2D eigenvalue weighted by atomic mass is 16.6. The fraction of sp³-hybridized carbons (Fsp3) is 0.333. The van der Waals surface area contributed by atoms with Gasteiger partial charge < -0.3 is 19.5 Å². The van der Waals surface area contributed by atoms with Crippen molar-refractivity contribution < 1.29 is 23.8 Å². The number of para-hydroxylation sites is 2. The normalized spacial score (nSPS) is 10.4. The van der Waals surface area contributed by atoms with Gasteiger partial charge in [0.2, 0.25) is 0 Å². The van der Waals surface area contributed by atoms with Crippen LogP contribution in [0.1, 0.15) is 30.9 Å². The van der Waals surface area contributed by atoms with E-state index in [1.165, 1.54) is 0 Å². The molecule has 2 aromatic carbocycles. The number of amides is 1. The molecule has 0 aliphatic rings. The number of hydrogen-bond donors (Lipinski definition) is 1. The first-order valence-electron chi connectivity index (χ1n) is 8.77. The Kier molecular flexibility index (Phi) is 7.67. The number of carbonyl (C=O) groups is 2. The van der Waals surface area contributed by atoms with Crippen molar-refractivity contribution in [2.75, 3.05) is 20.3 Å². The largest absolute Gasteiger partial charge is 0.496 e. The van der Waals surface area contributed by atoms with Crippen LogP contribution < -0.4 is 14.8 Å². The molecule has 6 nitrogen and oxygen atoms in total. The summed E-state index contributed by atoms with van der Waals surface area (Å²) < 4.78 is 15.7. The third kappa shape index (κ3) is 6.33. The number of carbonyl (C=O) groups excluding carboxylic acids is 2. The van der Waals surface area contributed by atoms with Crippen molar-refractivity contribution in [3.8, 4) is 11.5 Å². The van der Waals surface area contributed by atoms with Crippen LogP contribution in [-0.4, -0.2) is 32.2 Å². The van der Waals surface area contributed by atoms with E-state index in [4.69, 9.17) is 14.2 Å². The summed E-state index contributed by atoms with van der Waals surface area (Å²) in [5, 5.41) is 2.69. The summed E-state index contributed by atoms with van der Waals surface area (Å²) in [6.45, 7) is 3.78. The summed E-state index contributed by atoms with van der Waals surface area (Å²) in [5.74, 6) is 0.618. The number of ether oxygens (including phenoxy) is 3. The standard InChI is InChI=1S/C21H25NO5/c1-15(2)17-9-5-7-11-19(17)26-14-21(24)27-13-20(23)22-12-16-8-4-6-10-18(16)25-3/h4-11,15H,12-14H2,1-3H3,(H,22,23). The van der Waals surface area contributed by atoms with Crippen LogP contribution in [0.15, 0.2) is 48.5 Å². The van der Waals surface area contributed by atoms with Gasteiger partial charge >= 0.3 is 5.97 Å². The third-order valence-electron chi connectivity index (χ3n) is 3.92. The first kappa shape index (κ1) is 20.3. The molecule has 144 valence electrons. The van der Waals surface area contributed by atoms with E-state index in [0.717, 1.165) is 11.1 Å². The molecule has 0 saturated carbocycles. The average molecular weight is 371 g/mol. The molecule has 0 aromatic heterocycles. The van der Waals surface area contributed by atoms with E-state index in [9.17, 15) is 9.59 Å². The van der Waals surface area contributed by atoms with Crippen molar-refractivity contribution in [2.24, 2.45) is 0 Å². The van der Waals surface area contributed by atoms with Crippen molar-refractivity contribution in [3.05, 3.63) is 59.7 Å². The number of nitrogens with one attached hydrogen (secondary N) is 1. The molecule has 0 radical (unpaired) electrons. The van der Waals surface area contributed by atoms with E-state index in [0.29, 0.717) is 18.0 Å². The van der Waals surface area contributed by atoms with Gasteiger partial charge in [0, 0.05) is 12.1 Å². The summed E-state index contributed by atoms with van der Waals surface area (Å²) in [5.41, 5.74) is 1.85. The Bertz CT molecular complexity index is 773. The van der Waals surface area contributed by atoms with Crippen molar-refractivity contribution in [2.45, 2.75) is 26.3 Å². The second-order valence-corrected chi connectivity index (χ2v) is 6.23. The van der Waals surface area contributed by atoms with Gasteiger partial charge in [0.15, 0.2) is 13.2 Å². The van der Waals surface area contributed by atoms with Crippen LogP contribution in [-0.2, 0) is 20.9 Å². The molecule has 0 fully saturated rings. The third-order valence-corrected chi connectivity index (χ3v) is 3.92. The summed E-state index contributed by atoms with van der Waals surface area (Å²) in [6, 6.07) is 14.9. The van der Waals surface area contributed by atoms with E-state index in [1.807, 2.05) is 62.4 Å². The van der Waals surface area contributed by atoms with Gasteiger partial charge in [-0.2, -0.15) is 0 Å². The minimum Gasteiger partial charge on any atom is -0.496 e. The number of methoxy groups -OCH3 is 1. The van der Waals surface area contributed by atoms with E-state index in [2.05, 4.69) is 5.32 Å². The summed E-state index contributed by atoms with van der Waals surface area (Å²) >= 11 is 0. The summed E-state index contributed by atoms with van der Waals surface area (Å²) in [6.07, 6.45) is 0. The molecule has 0 aliphatic heterocycles. The maximum absolute atomic E-state index is 11.9. The topological polar surface area (TPSA) is 73.9 Å². The fourth-order valence-electron chi connectivity index (χ4n) is 2.51. The highest BCUT2D eigenvalue weighted by Gasteiger charge is 2.12. The van der Waals surface area contributed by atoms with Gasteiger partial charge in [0.05, 0.1) is 7.11 Å². The monoisotopic (exact) mass is 371 g/mol. The molecule has 0 bridgehead atoms. The molecule has 0 unspecified atom stereocenters. The van der Waals surface area contributed by atoms with E-state index >= 15 is 0 Å². The maximum atomic E-state index is 11.9. The number of hydrogen-bond acceptors (Lipinski definition) is 5. The molecule has 0 heterocycles. The number of esters is 1. The zero-order chi connectivity index (χ0) is 19.6. The second kappa shape index (κ2) is 10.2. The van der Waals surface area contributed by atoms with Crippen LogP contribution in [0.3, 0.4) is 0 Å². The smallest absolute Gasteiger partial charge is 0.344 e. The second-order valence-electron chi connectivity index (χ2n) is 6.23. The van der Waals surface area contributed by atoms with Crippen molar-refractivity contribution in [3.63, 3.8) is 0 Å². The molecule has 27 heavy (non-hydrogen) atoms. The van der Waals surface area contributed by atoms with Crippen LogP contribution in [0, 0.1) is 0 Å². The molecular formula is C21H25NO5. The Hall–Kier alpha value is -3.02. The van der Waals surface area contributed by atoms with Gasteiger partial charge in [-0.15, -0.1) is 0 Å². The molecular weight excluding hydrogens is 346 g/mol. The molecule has 0 spiro atoms. The lowest BCUT2D eigenvalue weighted by Crippen LogP contribution is -2.29. The molecule has 1 amide bonds. The molecule has 0 atom stereocenters. The Labute approximate surface area is 159 Å². The van der Waals surface area contributed by atoms with Crippen LogP contribution >= 0.6 is 0 Å². The number of rotatable bonds is 9. The minimum atomic E-state index is -0.596. The lowest BCUT2D eigenvalue weighted by Gasteiger charge is -2.13. The lowest BCUT2D eigenvalue weighted by atomic mass is 10.0. The van der Waals surface area contributed by atoms with E-state index in [1.54, 1.807) is 7.11 Å². The van der Waals surface area contributed by atoms with Crippen LogP contribution in [0.4, 0.5) is 0 Å². The Balaban J connectivity index is 1.75. The molecule has 6 heteroatoms. The Morgan fingerprint density at radius 1 is 0.963 bits per heavy atom. The highest BCUT2D eigenvalue weighted by molar-refractivity contribution is 5.80. The Morgan fingerprint density at radius 3 is 2.33 bits per heavy atom. The minimum absolute atomic E-state index is 0.247. The van der Waals surface area contributed by atoms with Crippen LogP contribution in [0.5, 0.6) is 11.5 Å². The Morgan fingerprint density at radius 2 is 1.63 bits per heavy atom. The van der Waals surface area contributed by atoms with Gasteiger partial charge in [-0.3, -0.25) is 4.79 Å². The van der Waals surface area contributed by atoms with Crippen LogP contribution in [0.25, 0.3) is 0 Å². The van der Waals surface area contributed by atoms with Gasteiger partial charge in [0.1, 0.15) is 11.5 Å². The lowest BCUT2D eigenvalue weighted by molar-refractivity contribution is -0.150. The zero-order valence-corrected chi connectivity index (χ0v) is 15.9. The summed E-state index contributed by atoms with van der Waals surface area (Å²) in [4.78, 5) is 23.7. The fourth-order valence-corrected chi connectivity index (χ4v) is 2.51. The first-order chi connectivity index (χ1) is 13.0. The van der Waals surface area contributed by atoms with Crippen molar-refractivity contribution in [1.82, 2.24) is 5.32 Å². The maximum Gasteiger partial charge on any atom is 0.344 e. The molecule has 2 aromatic rings. The van der Waals surface area contributed by atoms with Crippen molar-refractivity contribution >= 4 is 11.9 Å². The predicted octanol–water partition coefficient (Wildman–Crippen LogP) is 3.06. The first-order valence-corrected chi connectivity index (χ1v) is 8.77. The summed E-state index contributed by atoms with van der Waals surface area (Å²) in [7, 11) is 1.57. The van der Waals surface area contributed by atoms with Gasteiger partial charge in [-0.25, -0.2) is 4.79 Å². The van der Waals surface area contributed by atoms with Crippen LogP contribution in [0.2, 0.25) is 0 Å². The zero-order valence-electron chi connectivity index (χ0n) is 15.9. The van der Waals surface area contributed by atoms with E-state index < -0.39 is 11.9 Å². The van der Waals surface area contributed by atoms with Gasteiger partial charge in [0.25, 0.3) is 5.91 Å². The molecule has 0 aliphatic carbocycles. The van der Waals surface area contributed by atoms with Gasteiger partial charge in [-0.1, -0.05) is 50.2 Å². The number of benzene rings is 2. The predicted molar refractivity (Wildman–Crippen MR) is 102 cm³/mol. The van der Waals surface area contributed by atoms with E-state index in [-0.39, 0.29) is 19.1 Å². The quantitative estimate of drug-likeness (QED) is 0.686. The van der Waals surface area contributed by atoms with Gasteiger partial charge in [-0.05, 0) is 23.6 Å². The SMILES string of the molecule is COc1ccccc1CNC(=O)COC(=O)COc1ccccc1C(C)C. The molecule has 0 saturated heterocycles. The average Bonchev–Trinajstić information content (AvgIpc) is 2.69. The van der Waals surface area contributed by atoms with Crippen molar-refractivity contribution in [1.29, 1.82) is 0 Å².